The number of rotatable bonds is 5. The second-order valence-corrected chi connectivity index (χ2v) is 11.8. The Morgan fingerprint density at radius 3 is 2.33 bits per heavy atom. The van der Waals surface area contributed by atoms with Crippen LogP contribution in [-0.4, -0.2) is 46.3 Å². The number of aryl methyl sites for hydroxylation is 2. The number of aliphatic carboxylic acids is 1. The number of benzene rings is 2. The molecule has 0 aromatic heterocycles. The van der Waals surface area contributed by atoms with E-state index >= 15 is 4.39 Å². The van der Waals surface area contributed by atoms with Crippen molar-refractivity contribution < 1.29 is 40.8 Å². The van der Waals surface area contributed by atoms with Crippen molar-refractivity contribution in [2.75, 3.05) is 6.54 Å². The maximum atomic E-state index is 16.1. The normalized spacial score (nSPS) is 31.2. The van der Waals surface area contributed by atoms with E-state index in [1.807, 2.05) is 0 Å². The third kappa shape index (κ3) is 4.69. The van der Waals surface area contributed by atoms with Gasteiger partial charge in [0.2, 0.25) is 5.67 Å². The highest BCUT2D eigenvalue weighted by molar-refractivity contribution is 5.86. The third-order valence-corrected chi connectivity index (χ3v) is 9.46. The molecule has 3 unspecified atom stereocenters. The maximum absolute atomic E-state index is 16.1. The number of carboxylic acid groups (broad SMARTS) is 1. The molecule has 1 N–H and O–H groups in total. The molecule has 2 aliphatic carbocycles. The topological polar surface area (TPSA) is 57.6 Å². The third-order valence-electron chi connectivity index (χ3n) is 9.46. The van der Waals surface area contributed by atoms with Crippen LogP contribution in [0, 0.1) is 12.8 Å². The Morgan fingerprint density at radius 2 is 1.73 bits per heavy atom. The molecule has 3 atom stereocenters. The van der Waals surface area contributed by atoms with Gasteiger partial charge in [0.15, 0.2) is 5.67 Å². The number of likely N-dealkylation sites (tertiary alicyclic amines) is 1. The molecule has 0 radical (unpaired) electrons. The lowest BCUT2D eigenvalue weighted by Crippen LogP contribution is -2.55. The first kappa shape index (κ1) is 24.8. The number of alkyl halides is 5. The second kappa shape index (κ2) is 9.84. The van der Waals surface area contributed by atoms with Crippen molar-refractivity contribution in [3.63, 3.8) is 0 Å². The number of carbonyl (C=O) groups is 2. The molecule has 1 saturated carbocycles. The minimum atomic E-state index is -5.12. The van der Waals surface area contributed by atoms with E-state index in [9.17, 15) is 32.3 Å². The zero-order valence-electron chi connectivity index (χ0n) is 25.2. The number of halogens is 5. The molecule has 2 aromatic rings. The lowest BCUT2D eigenvalue weighted by Gasteiger charge is -2.45. The van der Waals surface area contributed by atoms with E-state index in [2.05, 4.69) is 0 Å². The molecule has 2 aromatic carbocycles. The van der Waals surface area contributed by atoms with Crippen LogP contribution < -0.4 is 0 Å². The standard InChI is InChI=1S/C31H34F5NO3/c1-19-3-5-20(6-4-19)18-29-15-16-37(27(40)30(33)13-11-21(12-14-30)26(38)39)25(29)10-7-22-17-23(8-9-24(22)29)28(2,32)31(34,35)36/h3-6,8-9,17,21,25H,7,10-16,18H2,1-2H3,(H,38,39)/i1D3. The molecule has 4 nitrogen and oxygen atoms in total. The highest BCUT2D eigenvalue weighted by Crippen LogP contribution is 2.52. The van der Waals surface area contributed by atoms with Crippen LogP contribution in [0.25, 0.3) is 0 Å². The van der Waals surface area contributed by atoms with Gasteiger partial charge in [-0.2, -0.15) is 13.2 Å². The lowest BCUT2D eigenvalue weighted by atomic mass is 9.63. The molecular formula is C31H34F5NO3. The monoisotopic (exact) mass is 566 g/mol. The van der Waals surface area contributed by atoms with Gasteiger partial charge in [0.25, 0.3) is 5.91 Å². The van der Waals surface area contributed by atoms with E-state index in [1.54, 1.807) is 12.1 Å². The Hall–Kier alpha value is -2.97. The minimum absolute atomic E-state index is 0.0455. The summed E-state index contributed by atoms with van der Waals surface area (Å²) < 4.78 is 94.7. The predicted molar refractivity (Wildman–Crippen MR) is 139 cm³/mol. The van der Waals surface area contributed by atoms with Gasteiger partial charge in [-0.05, 0) is 87.4 Å². The summed E-state index contributed by atoms with van der Waals surface area (Å²) in [5.41, 5.74) is -5.03. The molecule has 0 bridgehead atoms. The number of amides is 1. The zero-order chi connectivity index (χ0) is 31.6. The summed E-state index contributed by atoms with van der Waals surface area (Å²) in [7, 11) is 0. The van der Waals surface area contributed by atoms with E-state index < -0.39 is 59.2 Å². The number of nitrogens with zero attached hydrogens (tertiary/aromatic N) is 1. The van der Waals surface area contributed by atoms with Gasteiger partial charge in [0.05, 0.1) is 5.92 Å². The molecule has 1 amide bonds. The summed E-state index contributed by atoms with van der Waals surface area (Å²) in [6, 6.07) is 9.69. The fourth-order valence-corrected chi connectivity index (χ4v) is 7.05. The van der Waals surface area contributed by atoms with E-state index in [1.165, 1.54) is 29.2 Å². The van der Waals surface area contributed by atoms with Crippen LogP contribution in [-0.2, 0) is 33.5 Å². The molecule has 3 aliphatic rings. The summed E-state index contributed by atoms with van der Waals surface area (Å²) in [5, 5.41) is 9.32. The van der Waals surface area contributed by atoms with Gasteiger partial charge < -0.3 is 10.0 Å². The lowest BCUT2D eigenvalue weighted by molar-refractivity contribution is -0.228. The van der Waals surface area contributed by atoms with Crippen LogP contribution in [0.2, 0.25) is 0 Å². The summed E-state index contributed by atoms with van der Waals surface area (Å²) in [6.45, 7) is -1.63. The Bertz CT molecular complexity index is 1400. The highest BCUT2D eigenvalue weighted by Gasteiger charge is 2.57. The molecule has 9 heteroatoms. The number of carboxylic acids is 1. The van der Waals surface area contributed by atoms with E-state index in [4.69, 9.17) is 4.11 Å². The number of fused-ring (bicyclic) bond motifs is 3. The van der Waals surface area contributed by atoms with Gasteiger partial charge in [-0.25, -0.2) is 8.78 Å². The van der Waals surface area contributed by atoms with Crippen molar-refractivity contribution in [3.05, 3.63) is 70.3 Å². The van der Waals surface area contributed by atoms with Crippen LogP contribution in [0.3, 0.4) is 0 Å². The maximum Gasteiger partial charge on any atom is 0.426 e. The minimum Gasteiger partial charge on any atom is -0.481 e. The Morgan fingerprint density at radius 1 is 1.05 bits per heavy atom. The molecule has 1 aliphatic heterocycles. The van der Waals surface area contributed by atoms with Crippen molar-refractivity contribution in [1.29, 1.82) is 0 Å². The van der Waals surface area contributed by atoms with E-state index in [-0.39, 0.29) is 44.2 Å². The average molecular weight is 567 g/mol. The summed E-state index contributed by atoms with van der Waals surface area (Å²) in [5.74, 6) is -2.42. The van der Waals surface area contributed by atoms with Gasteiger partial charge in [-0.1, -0.05) is 48.0 Å². The Kier molecular flexibility index (Phi) is 6.10. The van der Waals surface area contributed by atoms with Crippen molar-refractivity contribution in [2.45, 2.75) is 94.1 Å². The van der Waals surface area contributed by atoms with E-state index in [0.29, 0.717) is 37.3 Å². The van der Waals surface area contributed by atoms with Gasteiger partial charge >= 0.3 is 12.1 Å². The van der Waals surface area contributed by atoms with Gasteiger partial charge in [-0.15, -0.1) is 0 Å². The molecular weight excluding hydrogens is 529 g/mol. The average Bonchev–Trinajstić information content (AvgIpc) is 3.30. The van der Waals surface area contributed by atoms with Gasteiger partial charge in [0, 0.05) is 22.1 Å². The fraction of sp³-hybridized carbons (Fsp3) is 0.548. The van der Waals surface area contributed by atoms with Crippen molar-refractivity contribution >= 4 is 11.9 Å². The first-order valence-corrected chi connectivity index (χ1v) is 13.6. The molecule has 5 rings (SSSR count). The van der Waals surface area contributed by atoms with Crippen molar-refractivity contribution in [3.8, 4) is 0 Å². The SMILES string of the molecule is [2H]C([2H])([2H])c1ccc(CC23CCN(C(=O)C4(F)CCC(C(=O)O)CC4)C2CCc2cc(C(C)(F)C(F)(F)F)ccc23)cc1. The first-order valence-electron chi connectivity index (χ1n) is 15.1. The first-order chi connectivity index (χ1) is 19.9. The molecule has 40 heavy (non-hydrogen) atoms. The van der Waals surface area contributed by atoms with Crippen LogP contribution in [0.5, 0.6) is 0 Å². The molecule has 1 heterocycles. The van der Waals surface area contributed by atoms with Crippen LogP contribution in [0.4, 0.5) is 22.0 Å². The second-order valence-electron chi connectivity index (χ2n) is 11.8. The van der Waals surface area contributed by atoms with Crippen LogP contribution >= 0.6 is 0 Å². The predicted octanol–water partition coefficient (Wildman–Crippen LogP) is 6.75. The van der Waals surface area contributed by atoms with Crippen molar-refractivity contribution in [2.24, 2.45) is 5.92 Å². The molecule has 216 valence electrons. The van der Waals surface area contributed by atoms with Gasteiger partial charge in [-0.3, -0.25) is 9.59 Å². The largest absolute Gasteiger partial charge is 0.481 e. The number of carbonyl (C=O) groups excluding carboxylic acids is 1. The Labute approximate surface area is 234 Å². The van der Waals surface area contributed by atoms with Crippen molar-refractivity contribution in [1.82, 2.24) is 4.90 Å². The molecule has 1 saturated heterocycles. The number of hydrogen-bond acceptors (Lipinski definition) is 2. The van der Waals surface area contributed by atoms with Crippen LogP contribution in [0.15, 0.2) is 42.5 Å². The quantitative estimate of drug-likeness (QED) is 0.408. The Balaban J connectivity index is 1.53. The zero-order valence-corrected chi connectivity index (χ0v) is 22.2. The number of hydrogen-bond donors (Lipinski definition) is 1. The molecule has 0 spiro atoms. The summed E-state index contributed by atoms with van der Waals surface area (Å²) in [6.07, 6.45) is -4.19. The molecule has 2 fully saturated rings. The summed E-state index contributed by atoms with van der Waals surface area (Å²) >= 11 is 0. The fourth-order valence-electron chi connectivity index (χ4n) is 7.05. The van der Waals surface area contributed by atoms with Gasteiger partial charge in [0.1, 0.15) is 0 Å². The van der Waals surface area contributed by atoms with E-state index in [0.717, 1.165) is 11.6 Å². The highest BCUT2D eigenvalue weighted by atomic mass is 19.4. The summed E-state index contributed by atoms with van der Waals surface area (Å²) in [4.78, 5) is 26.7. The smallest absolute Gasteiger partial charge is 0.426 e. The van der Waals surface area contributed by atoms with Crippen LogP contribution in [0.1, 0.15) is 77.4 Å².